The molecule has 2 aliphatic rings. The molecule has 0 saturated carbocycles. The molecule has 2 aromatic heterocycles. The topological polar surface area (TPSA) is 61.5 Å². The van der Waals surface area contributed by atoms with E-state index < -0.39 is 0 Å². The molecule has 0 bridgehead atoms. The van der Waals surface area contributed by atoms with Crippen molar-refractivity contribution in [3.05, 3.63) is 59.1 Å². The number of rotatable bonds is 4. The van der Waals surface area contributed by atoms with Gasteiger partial charge in [-0.1, -0.05) is 0 Å². The number of aryl methyl sites for hydroxylation is 1. The van der Waals surface area contributed by atoms with Crippen LogP contribution in [0.25, 0.3) is 11.2 Å². The summed E-state index contributed by atoms with van der Waals surface area (Å²) < 4.78 is 27.7. The first kappa shape index (κ1) is 18.2. The largest absolute Gasteiger partial charge is 0.493 e. The SMILES string of the molecule is CC1(C)C=C(c2cnc(CCc3c(F)ccc4c3CCO4)n3cnnc23)CCO1. The number of ether oxygens (including phenoxy) is 2. The second-order valence-electron chi connectivity index (χ2n) is 8.09. The van der Waals surface area contributed by atoms with Crippen molar-refractivity contribution in [2.75, 3.05) is 13.2 Å². The normalized spacial score (nSPS) is 17.8. The third-order valence-corrected chi connectivity index (χ3v) is 5.66. The van der Waals surface area contributed by atoms with Crippen molar-refractivity contribution in [2.45, 2.75) is 45.1 Å². The molecule has 0 unspecified atom stereocenters. The third-order valence-electron chi connectivity index (χ3n) is 5.66. The summed E-state index contributed by atoms with van der Waals surface area (Å²) in [4.78, 5) is 4.69. The summed E-state index contributed by atoms with van der Waals surface area (Å²) in [6.07, 6.45) is 8.39. The lowest BCUT2D eigenvalue weighted by Crippen LogP contribution is -2.26. The van der Waals surface area contributed by atoms with E-state index in [1.165, 1.54) is 11.6 Å². The first-order chi connectivity index (χ1) is 14.0. The van der Waals surface area contributed by atoms with Crippen LogP contribution in [0.5, 0.6) is 5.75 Å². The van der Waals surface area contributed by atoms with Gasteiger partial charge in [0.25, 0.3) is 0 Å². The zero-order valence-electron chi connectivity index (χ0n) is 16.6. The zero-order chi connectivity index (χ0) is 20.0. The summed E-state index contributed by atoms with van der Waals surface area (Å²) in [6.45, 7) is 5.38. The molecule has 0 atom stereocenters. The molecule has 2 aliphatic heterocycles. The predicted octanol–water partition coefficient (Wildman–Crippen LogP) is 3.57. The van der Waals surface area contributed by atoms with Crippen LogP contribution in [0.1, 0.15) is 42.8 Å². The molecule has 0 spiro atoms. The Labute approximate surface area is 168 Å². The number of hydrogen-bond acceptors (Lipinski definition) is 5. The van der Waals surface area contributed by atoms with Gasteiger partial charge in [-0.3, -0.25) is 4.40 Å². The van der Waals surface area contributed by atoms with Crippen LogP contribution in [0.4, 0.5) is 4.39 Å². The Morgan fingerprint density at radius 2 is 2.07 bits per heavy atom. The summed E-state index contributed by atoms with van der Waals surface area (Å²) >= 11 is 0. The van der Waals surface area contributed by atoms with Gasteiger partial charge in [-0.05, 0) is 56.0 Å². The van der Waals surface area contributed by atoms with Crippen molar-refractivity contribution in [2.24, 2.45) is 0 Å². The summed E-state index contributed by atoms with van der Waals surface area (Å²) in [5.74, 6) is 1.44. The van der Waals surface area contributed by atoms with Crippen LogP contribution in [0.15, 0.2) is 30.7 Å². The van der Waals surface area contributed by atoms with Crippen LogP contribution in [-0.4, -0.2) is 38.4 Å². The molecule has 0 radical (unpaired) electrons. The van der Waals surface area contributed by atoms with Crippen LogP contribution in [-0.2, 0) is 24.0 Å². The van der Waals surface area contributed by atoms with Crippen LogP contribution in [0, 0.1) is 5.82 Å². The fraction of sp³-hybridized carbons (Fsp3) is 0.409. The molecule has 5 rings (SSSR count). The van der Waals surface area contributed by atoms with Gasteiger partial charge in [-0.2, -0.15) is 0 Å². The Balaban J connectivity index is 1.47. The van der Waals surface area contributed by atoms with Crippen molar-refractivity contribution in [3.63, 3.8) is 0 Å². The molecule has 3 aromatic rings. The lowest BCUT2D eigenvalue weighted by atomic mass is 9.95. The number of hydrogen-bond donors (Lipinski definition) is 0. The maximum Gasteiger partial charge on any atom is 0.171 e. The predicted molar refractivity (Wildman–Crippen MR) is 106 cm³/mol. The molecule has 0 saturated heterocycles. The Bertz CT molecular complexity index is 1120. The first-order valence-electron chi connectivity index (χ1n) is 9.98. The number of halogens is 1. The van der Waals surface area contributed by atoms with E-state index in [-0.39, 0.29) is 11.4 Å². The summed E-state index contributed by atoms with van der Waals surface area (Å²) in [6, 6.07) is 3.21. The zero-order valence-corrected chi connectivity index (χ0v) is 16.6. The Kier molecular flexibility index (Phi) is 4.35. The lowest BCUT2D eigenvalue weighted by Gasteiger charge is -2.28. The summed E-state index contributed by atoms with van der Waals surface area (Å²) in [7, 11) is 0. The van der Waals surface area contributed by atoms with Crippen molar-refractivity contribution >= 4 is 11.2 Å². The summed E-state index contributed by atoms with van der Waals surface area (Å²) in [5.41, 5.74) is 4.32. The number of benzene rings is 1. The number of nitrogens with zero attached hydrogens (tertiary/aromatic N) is 4. The standard InChI is InChI=1S/C22H23FN4O2/c1-22(2)11-14(7-10-29-22)17-12-24-20(27-13-25-26-21(17)27)6-3-15-16-8-9-28-19(16)5-4-18(15)23/h4-5,11-13H,3,6-10H2,1-2H3. The molecule has 0 aliphatic carbocycles. The molecular weight excluding hydrogens is 371 g/mol. The molecule has 0 N–H and O–H groups in total. The molecule has 4 heterocycles. The maximum absolute atomic E-state index is 14.5. The smallest absolute Gasteiger partial charge is 0.171 e. The number of fused-ring (bicyclic) bond motifs is 2. The van der Waals surface area contributed by atoms with E-state index in [0.29, 0.717) is 26.1 Å². The van der Waals surface area contributed by atoms with E-state index in [0.717, 1.165) is 46.8 Å². The minimum absolute atomic E-state index is 0.180. The molecular formula is C22H23FN4O2. The highest BCUT2D eigenvalue weighted by Crippen LogP contribution is 2.32. The fourth-order valence-electron chi connectivity index (χ4n) is 4.27. The van der Waals surface area contributed by atoms with E-state index in [9.17, 15) is 4.39 Å². The van der Waals surface area contributed by atoms with Gasteiger partial charge in [0, 0.05) is 30.2 Å². The minimum atomic E-state index is -0.309. The fourth-order valence-corrected chi connectivity index (χ4v) is 4.27. The van der Waals surface area contributed by atoms with Gasteiger partial charge in [0.05, 0.1) is 18.8 Å². The van der Waals surface area contributed by atoms with Crippen molar-refractivity contribution in [1.29, 1.82) is 0 Å². The monoisotopic (exact) mass is 394 g/mol. The summed E-state index contributed by atoms with van der Waals surface area (Å²) in [5, 5.41) is 8.43. The first-order valence-corrected chi connectivity index (χ1v) is 9.98. The Morgan fingerprint density at radius 3 is 2.93 bits per heavy atom. The van der Waals surface area contributed by atoms with Crippen molar-refractivity contribution < 1.29 is 13.9 Å². The van der Waals surface area contributed by atoms with Gasteiger partial charge in [0.1, 0.15) is 23.7 Å². The van der Waals surface area contributed by atoms with Crippen molar-refractivity contribution in [1.82, 2.24) is 19.6 Å². The molecule has 6 nitrogen and oxygen atoms in total. The van der Waals surface area contributed by atoms with Crippen molar-refractivity contribution in [3.8, 4) is 5.75 Å². The molecule has 29 heavy (non-hydrogen) atoms. The van der Waals surface area contributed by atoms with Gasteiger partial charge in [0.2, 0.25) is 0 Å². The molecule has 7 heteroatoms. The van der Waals surface area contributed by atoms with E-state index >= 15 is 0 Å². The number of aromatic nitrogens is 4. The van der Waals surface area contributed by atoms with E-state index in [1.807, 2.05) is 24.4 Å². The third kappa shape index (κ3) is 3.29. The van der Waals surface area contributed by atoms with E-state index in [2.05, 4.69) is 21.3 Å². The lowest BCUT2D eigenvalue weighted by molar-refractivity contribution is 0.0165. The molecule has 0 fully saturated rings. The Morgan fingerprint density at radius 1 is 1.17 bits per heavy atom. The average molecular weight is 394 g/mol. The quantitative estimate of drug-likeness (QED) is 0.677. The molecule has 0 amide bonds. The average Bonchev–Trinajstić information content (AvgIpc) is 3.36. The van der Waals surface area contributed by atoms with E-state index in [1.54, 1.807) is 12.4 Å². The van der Waals surface area contributed by atoms with Gasteiger partial charge < -0.3 is 9.47 Å². The molecule has 1 aromatic carbocycles. The van der Waals surface area contributed by atoms with E-state index in [4.69, 9.17) is 9.47 Å². The van der Waals surface area contributed by atoms with Gasteiger partial charge in [-0.25, -0.2) is 9.37 Å². The highest BCUT2D eigenvalue weighted by molar-refractivity contribution is 5.76. The van der Waals surface area contributed by atoms with Gasteiger partial charge in [0.15, 0.2) is 5.65 Å². The highest BCUT2D eigenvalue weighted by atomic mass is 19.1. The second-order valence-corrected chi connectivity index (χ2v) is 8.09. The molecule has 150 valence electrons. The minimum Gasteiger partial charge on any atom is -0.493 e. The van der Waals surface area contributed by atoms with Gasteiger partial charge >= 0.3 is 0 Å². The van der Waals surface area contributed by atoms with Crippen LogP contribution in [0.2, 0.25) is 0 Å². The van der Waals surface area contributed by atoms with Crippen LogP contribution in [0.3, 0.4) is 0 Å². The van der Waals surface area contributed by atoms with Crippen LogP contribution >= 0.6 is 0 Å². The second kappa shape index (κ2) is 6.91. The Hall–Kier alpha value is -2.80. The highest BCUT2D eigenvalue weighted by Gasteiger charge is 2.24. The van der Waals surface area contributed by atoms with Crippen LogP contribution < -0.4 is 4.74 Å². The maximum atomic E-state index is 14.5. The van der Waals surface area contributed by atoms with Gasteiger partial charge in [-0.15, -0.1) is 10.2 Å².